The van der Waals surface area contributed by atoms with E-state index in [1.54, 1.807) is 42.9 Å². The quantitative estimate of drug-likeness (QED) is 0.862. The van der Waals surface area contributed by atoms with Crippen molar-refractivity contribution in [3.05, 3.63) is 72.0 Å². The van der Waals surface area contributed by atoms with Crippen molar-refractivity contribution in [1.82, 2.24) is 4.31 Å². The Labute approximate surface area is 130 Å². The highest BCUT2D eigenvalue weighted by molar-refractivity contribution is 7.89. The summed E-state index contributed by atoms with van der Waals surface area (Å²) in [6, 6.07) is 12.6. The number of aryl methyl sites for hydroxylation is 1. The number of halogens is 1. The zero-order chi connectivity index (χ0) is 15.7. The average molecular weight is 318 g/mol. The Bertz CT molecular complexity index is 754. The van der Waals surface area contributed by atoms with Gasteiger partial charge in [-0.15, -0.1) is 0 Å². The Kier molecular flexibility index (Phi) is 4.02. The van der Waals surface area contributed by atoms with E-state index in [0.717, 1.165) is 11.1 Å². The normalized spacial score (nSPS) is 19.5. The monoisotopic (exact) mass is 318 g/mol. The molecule has 3 nitrogen and oxygen atoms in total. The van der Waals surface area contributed by atoms with Gasteiger partial charge in [0, 0.05) is 6.54 Å². The molecule has 0 aromatic heterocycles. The maximum Gasteiger partial charge on any atom is 0.243 e. The molecule has 1 atom stereocenters. The van der Waals surface area contributed by atoms with Crippen LogP contribution in [0.5, 0.6) is 0 Å². The van der Waals surface area contributed by atoms with Crippen molar-refractivity contribution >= 4 is 10.0 Å². The van der Waals surface area contributed by atoms with E-state index in [9.17, 15) is 12.8 Å². The minimum Gasteiger partial charge on any atom is -0.207 e. The van der Waals surface area contributed by atoms with Crippen molar-refractivity contribution < 1.29 is 12.8 Å². The molecule has 1 saturated heterocycles. The van der Waals surface area contributed by atoms with Crippen molar-refractivity contribution in [2.24, 2.45) is 0 Å². The lowest BCUT2D eigenvalue weighted by molar-refractivity contribution is 0.426. The molecule has 0 amide bonds. The number of benzene rings is 2. The Morgan fingerprint density at radius 3 is 2.32 bits per heavy atom. The molecule has 1 radical (unpaired) electrons. The zero-order valence-corrected chi connectivity index (χ0v) is 13.1. The number of nitrogens with zero attached hydrogens (tertiary/aromatic N) is 1. The van der Waals surface area contributed by atoms with E-state index in [-0.39, 0.29) is 16.8 Å². The topological polar surface area (TPSA) is 37.4 Å². The molecular weight excluding hydrogens is 301 g/mol. The standard InChI is InChI=1S/C17H17FNO2S/c1-13-4-10-16(11-5-13)22(20,21)19-12-2-3-17(19)14-6-8-15(18)9-7-14/h4-12,17H,2-3H2,1H3. The van der Waals surface area contributed by atoms with E-state index in [0.29, 0.717) is 12.8 Å². The molecule has 22 heavy (non-hydrogen) atoms. The second-order valence-electron chi connectivity index (χ2n) is 5.48. The van der Waals surface area contributed by atoms with Gasteiger partial charge in [0.05, 0.1) is 10.9 Å². The molecule has 2 aromatic carbocycles. The number of hydrogen-bond donors (Lipinski definition) is 0. The molecule has 3 rings (SSSR count). The predicted molar refractivity (Wildman–Crippen MR) is 82.9 cm³/mol. The summed E-state index contributed by atoms with van der Waals surface area (Å²) in [6.07, 6.45) is 1.39. The van der Waals surface area contributed by atoms with Gasteiger partial charge in [-0.05, 0) is 49.6 Å². The molecular formula is C17H17FNO2S. The van der Waals surface area contributed by atoms with Gasteiger partial charge < -0.3 is 0 Å². The van der Waals surface area contributed by atoms with Crippen LogP contribution in [0.3, 0.4) is 0 Å². The summed E-state index contributed by atoms with van der Waals surface area (Å²) in [7, 11) is -3.58. The van der Waals surface area contributed by atoms with Crippen LogP contribution < -0.4 is 0 Å². The zero-order valence-electron chi connectivity index (χ0n) is 12.2. The predicted octanol–water partition coefficient (Wildman–Crippen LogP) is 3.82. The highest BCUT2D eigenvalue weighted by Crippen LogP contribution is 2.38. The van der Waals surface area contributed by atoms with Crippen molar-refractivity contribution in [1.29, 1.82) is 0 Å². The summed E-state index contributed by atoms with van der Waals surface area (Å²) >= 11 is 0. The van der Waals surface area contributed by atoms with Gasteiger partial charge >= 0.3 is 0 Å². The molecule has 0 N–H and O–H groups in total. The lowest BCUT2D eigenvalue weighted by Crippen LogP contribution is -2.28. The number of rotatable bonds is 3. The van der Waals surface area contributed by atoms with Gasteiger partial charge in [-0.2, -0.15) is 4.31 Å². The highest BCUT2D eigenvalue weighted by atomic mass is 32.2. The molecule has 0 aliphatic carbocycles. The smallest absolute Gasteiger partial charge is 0.207 e. The van der Waals surface area contributed by atoms with Crippen LogP contribution in [-0.2, 0) is 10.0 Å². The summed E-state index contributed by atoms with van der Waals surface area (Å²) in [5, 5.41) is 0. The van der Waals surface area contributed by atoms with Crippen LogP contribution in [-0.4, -0.2) is 12.7 Å². The summed E-state index contributed by atoms with van der Waals surface area (Å²) in [5.74, 6) is -0.321. The first kappa shape index (κ1) is 15.2. The van der Waals surface area contributed by atoms with E-state index < -0.39 is 10.0 Å². The molecule has 1 fully saturated rings. The minimum absolute atomic E-state index is 0.271. The highest BCUT2D eigenvalue weighted by Gasteiger charge is 2.36. The van der Waals surface area contributed by atoms with Gasteiger partial charge in [0.15, 0.2) is 0 Å². The SMILES string of the molecule is Cc1ccc(S(=O)(=O)N2[CH]CCC2c2ccc(F)cc2)cc1. The van der Waals surface area contributed by atoms with E-state index >= 15 is 0 Å². The summed E-state index contributed by atoms with van der Waals surface area (Å²) < 4.78 is 40.1. The van der Waals surface area contributed by atoms with Gasteiger partial charge in [-0.3, -0.25) is 0 Å². The van der Waals surface area contributed by atoms with Gasteiger partial charge in [0.25, 0.3) is 0 Å². The van der Waals surface area contributed by atoms with Crippen LogP contribution in [0.15, 0.2) is 53.4 Å². The van der Waals surface area contributed by atoms with Crippen molar-refractivity contribution in [3.63, 3.8) is 0 Å². The van der Waals surface area contributed by atoms with Crippen LogP contribution >= 0.6 is 0 Å². The van der Waals surface area contributed by atoms with Crippen molar-refractivity contribution in [3.8, 4) is 0 Å². The van der Waals surface area contributed by atoms with Crippen LogP contribution in [0.2, 0.25) is 0 Å². The van der Waals surface area contributed by atoms with Crippen LogP contribution in [0.4, 0.5) is 4.39 Å². The number of sulfonamides is 1. The average Bonchev–Trinajstić information content (AvgIpc) is 2.99. The second kappa shape index (κ2) is 5.82. The molecule has 1 aliphatic rings. The third-order valence-electron chi connectivity index (χ3n) is 3.91. The largest absolute Gasteiger partial charge is 0.243 e. The Balaban J connectivity index is 1.95. The van der Waals surface area contributed by atoms with Crippen LogP contribution in [0, 0.1) is 19.3 Å². The van der Waals surface area contributed by atoms with Gasteiger partial charge in [0.1, 0.15) is 5.82 Å². The molecule has 0 saturated carbocycles. The van der Waals surface area contributed by atoms with Crippen LogP contribution in [0.1, 0.15) is 30.0 Å². The van der Waals surface area contributed by atoms with Crippen molar-refractivity contribution in [2.45, 2.75) is 30.7 Å². The molecule has 0 bridgehead atoms. The van der Waals surface area contributed by atoms with E-state index in [1.807, 2.05) is 6.92 Å². The fraction of sp³-hybridized carbons (Fsp3) is 0.235. The van der Waals surface area contributed by atoms with E-state index in [2.05, 4.69) is 0 Å². The summed E-state index contributed by atoms with van der Waals surface area (Å²) in [5.41, 5.74) is 1.82. The minimum atomic E-state index is -3.58. The lowest BCUT2D eigenvalue weighted by atomic mass is 10.1. The Hall–Kier alpha value is -1.72. The van der Waals surface area contributed by atoms with E-state index in [1.165, 1.54) is 16.4 Å². The van der Waals surface area contributed by atoms with Gasteiger partial charge in [0.2, 0.25) is 10.0 Å². The molecule has 1 aliphatic heterocycles. The molecule has 115 valence electrons. The first-order valence-corrected chi connectivity index (χ1v) is 8.61. The maximum absolute atomic E-state index is 13.1. The maximum atomic E-state index is 13.1. The third kappa shape index (κ3) is 2.78. The van der Waals surface area contributed by atoms with E-state index in [4.69, 9.17) is 0 Å². The molecule has 2 aromatic rings. The van der Waals surface area contributed by atoms with Crippen LogP contribution in [0.25, 0.3) is 0 Å². The number of hydrogen-bond acceptors (Lipinski definition) is 2. The molecule has 1 unspecified atom stereocenters. The third-order valence-corrected chi connectivity index (χ3v) is 5.73. The molecule has 1 heterocycles. The first-order chi connectivity index (χ1) is 10.5. The van der Waals surface area contributed by atoms with Gasteiger partial charge in [-0.1, -0.05) is 29.8 Å². The molecule has 0 spiro atoms. The van der Waals surface area contributed by atoms with Crippen molar-refractivity contribution in [2.75, 3.05) is 0 Å². The first-order valence-electron chi connectivity index (χ1n) is 7.17. The Morgan fingerprint density at radius 2 is 1.68 bits per heavy atom. The second-order valence-corrected chi connectivity index (χ2v) is 7.32. The fourth-order valence-electron chi connectivity index (χ4n) is 2.71. The Morgan fingerprint density at radius 1 is 1.05 bits per heavy atom. The fourth-order valence-corrected chi connectivity index (χ4v) is 4.30. The van der Waals surface area contributed by atoms with Gasteiger partial charge in [-0.25, -0.2) is 12.8 Å². The lowest BCUT2D eigenvalue weighted by Gasteiger charge is -2.24. The summed E-state index contributed by atoms with van der Waals surface area (Å²) in [4.78, 5) is 0.281. The molecule has 5 heteroatoms. The summed E-state index contributed by atoms with van der Waals surface area (Å²) in [6.45, 7) is 3.63.